The largest absolute Gasteiger partial charge is 0.397 e. The van der Waals surface area contributed by atoms with Crippen LogP contribution >= 0.6 is 15.9 Å². The van der Waals surface area contributed by atoms with E-state index in [0.717, 1.165) is 4.47 Å². The number of benzene rings is 1. The van der Waals surface area contributed by atoms with Crippen LogP contribution in [0.4, 0.5) is 11.4 Å². The van der Waals surface area contributed by atoms with Crippen LogP contribution in [0, 0.1) is 10.1 Å². The number of nitrogens with zero attached hydrogens (tertiary/aromatic N) is 1. The zero-order valence-electron chi connectivity index (χ0n) is 8.53. The number of nitro benzene ring substituents is 1. The molecule has 0 spiro atoms. The summed E-state index contributed by atoms with van der Waals surface area (Å²) in [5.74, 6) is 0. The van der Waals surface area contributed by atoms with Crippen molar-refractivity contribution in [3.63, 3.8) is 0 Å². The Balaban J connectivity index is 0.000000583. The summed E-state index contributed by atoms with van der Waals surface area (Å²) in [6.45, 7) is 1.93. The Kier molecular flexibility index (Phi) is 6.64. The van der Waals surface area contributed by atoms with Crippen molar-refractivity contribution in [1.82, 2.24) is 0 Å². The van der Waals surface area contributed by atoms with Crippen LogP contribution in [0.15, 0.2) is 22.7 Å². The second-order valence-electron chi connectivity index (χ2n) is 2.48. The van der Waals surface area contributed by atoms with Gasteiger partial charge in [0, 0.05) is 24.2 Å². The molecule has 0 saturated carbocycles. The summed E-state index contributed by atoms with van der Waals surface area (Å²) in [5, 5.41) is 20.8. The van der Waals surface area contributed by atoms with Gasteiger partial charge >= 0.3 is 0 Å². The van der Waals surface area contributed by atoms with E-state index >= 15 is 0 Å². The zero-order chi connectivity index (χ0) is 11.8. The Labute approximate surface area is 96.4 Å². The molecule has 0 heterocycles. The molecule has 0 aliphatic rings. The SMILES string of the molecule is CCO.CNc1cc(Br)ccc1[N+](=O)[O-]. The molecule has 5 nitrogen and oxygen atoms in total. The van der Waals surface area contributed by atoms with Crippen molar-refractivity contribution in [1.29, 1.82) is 0 Å². The minimum atomic E-state index is -0.418. The van der Waals surface area contributed by atoms with E-state index in [4.69, 9.17) is 5.11 Å². The highest BCUT2D eigenvalue weighted by atomic mass is 79.9. The Morgan fingerprint density at radius 1 is 1.60 bits per heavy atom. The monoisotopic (exact) mass is 276 g/mol. The molecular weight excluding hydrogens is 264 g/mol. The number of aliphatic hydroxyl groups is 1. The van der Waals surface area contributed by atoms with E-state index in [0.29, 0.717) is 5.69 Å². The molecular formula is C9H13BrN2O3. The average molecular weight is 277 g/mol. The van der Waals surface area contributed by atoms with Gasteiger partial charge in [-0.25, -0.2) is 0 Å². The van der Waals surface area contributed by atoms with Crippen molar-refractivity contribution < 1.29 is 10.0 Å². The van der Waals surface area contributed by atoms with Gasteiger partial charge in [-0.2, -0.15) is 0 Å². The van der Waals surface area contributed by atoms with Crippen molar-refractivity contribution in [2.75, 3.05) is 19.0 Å². The first-order chi connectivity index (χ1) is 7.06. The predicted molar refractivity (Wildman–Crippen MR) is 63.1 cm³/mol. The molecule has 0 unspecified atom stereocenters. The molecule has 1 aromatic rings. The molecule has 15 heavy (non-hydrogen) atoms. The van der Waals surface area contributed by atoms with Crippen molar-refractivity contribution in [2.45, 2.75) is 6.92 Å². The minimum absolute atomic E-state index is 0.0840. The third-order valence-electron chi connectivity index (χ3n) is 1.42. The standard InChI is InChI=1S/C7H7BrN2O2.C2H6O/c1-9-6-4-5(8)2-3-7(6)10(11)12;1-2-3/h2-4,9H,1H3;3H,2H2,1H3. The topological polar surface area (TPSA) is 75.4 Å². The van der Waals surface area contributed by atoms with E-state index in [1.165, 1.54) is 6.07 Å². The molecule has 1 rings (SSSR count). The molecule has 0 atom stereocenters. The van der Waals surface area contributed by atoms with Crippen molar-refractivity contribution >= 4 is 27.3 Å². The number of rotatable bonds is 2. The van der Waals surface area contributed by atoms with Crippen LogP contribution < -0.4 is 5.32 Å². The van der Waals surface area contributed by atoms with Crippen LogP contribution in [0.3, 0.4) is 0 Å². The zero-order valence-corrected chi connectivity index (χ0v) is 10.1. The van der Waals surface area contributed by atoms with Gasteiger partial charge in [0.1, 0.15) is 5.69 Å². The second kappa shape index (κ2) is 7.19. The van der Waals surface area contributed by atoms with Gasteiger partial charge in [0.2, 0.25) is 0 Å². The average Bonchev–Trinajstić information content (AvgIpc) is 2.18. The summed E-state index contributed by atoms with van der Waals surface area (Å²) < 4.78 is 0.817. The maximum Gasteiger partial charge on any atom is 0.292 e. The molecule has 0 bridgehead atoms. The Morgan fingerprint density at radius 2 is 2.13 bits per heavy atom. The Hall–Kier alpha value is -1.14. The lowest BCUT2D eigenvalue weighted by Crippen LogP contribution is -1.95. The fourth-order valence-corrected chi connectivity index (χ4v) is 1.23. The van der Waals surface area contributed by atoms with E-state index in [1.807, 2.05) is 0 Å². The number of halogens is 1. The van der Waals surface area contributed by atoms with Gasteiger partial charge in [0.05, 0.1) is 4.92 Å². The summed E-state index contributed by atoms with van der Waals surface area (Å²) in [6.07, 6.45) is 0. The van der Waals surface area contributed by atoms with Crippen LogP contribution in [0.25, 0.3) is 0 Å². The number of nitrogens with one attached hydrogen (secondary N) is 1. The summed E-state index contributed by atoms with van der Waals surface area (Å²) in [5.41, 5.74) is 0.593. The first-order valence-corrected chi connectivity index (χ1v) is 5.08. The first kappa shape index (κ1) is 13.9. The molecule has 0 amide bonds. The Morgan fingerprint density at radius 3 is 2.53 bits per heavy atom. The highest BCUT2D eigenvalue weighted by Gasteiger charge is 2.11. The third-order valence-corrected chi connectivity index (χ3v) is 1.92. The number of hydrogen-bond acceptors (Lipinski definition) is 4. The summed E-state index contributed by atoms with van der Waals surface area (Å²) >= 11 is 3.22. The van der Waals surface area contributed by atoms with E-state index in [9.17, 15) is 10.1 Å². The molecule has 0 aliphatic heterocycles. The van der Waals surface area contributed by atoms with Gasteiger partial charge in [-0.05, 0) is 19.1 Å². The van der Waals surface area contributed by atoms with Gasteiger partial charge < -0.3 is 10.4 Å². The molecule has 0 fully saturated rings. The molecule has 0 radical (unpaired) electrons. The van der Waals surface area contributed by atoms with Crippen molar-refractivity contribution in [2.24, 2.45) is 0 Å². The van der Waals surface area contributed by atoms with Gasteiger partial charge in [-0.15, -0.1) is 0 Å². The lowest BCUT2D eigenvalue weighted by atomic mass is 10.3. The van der Waals surface area contributed by atoms with Gasteiger partial charge in [0.15, 0.2) is 0 Å². The highest BCUT2D eigenvalue weighted by molar-refractivity contribution is 9.10. The van der Waals surface area contributed by atoms with E-state index in [-0.39, 0.29) is 12.3 Å². The molecule has 84 valence electrons. The van der Waals surface area contributed by atoms with Gasteiger partial charge in [0.25, 0.3) is 5.69 Å². The van der Waals surface area contributed by atoms with Crippen LogP contribution in [0.2, 0.25) is 0 Å². The maximum atomic E-state index is 10.4. The number of aliphatic hydroxyl groups excluding tert-OH is 1. The lowest BCUT2D eigenvalue weighted by molar-refractivity contribution is -0.383. The fraction of sp³-hybridized carbons (Fsp3) is 0.333. The van der Waals surface area contributed by atoms with Gasteiger partial charge in [-0.1, -0.05) is 15.9 Å². The quantitative estimate of drug-likeness (QED) is 0.643. The predicted octanol–water partition coefficient (Wildman–Crippen LogP) is 2.40. The summed E-state index contributed by atoms with van der Waals surface area (Å²) in [7, 11) is 1.65. The van der Waals surface area contributed by atoms with Crippen LogP contribution in [0.1, 0.15) is 6.92 Å². The molecule has 2 N–H and O–H groups in total. The highest BCUT2D eigenvalue weighted by Crippen LogP contribution is 2.26. The normalized spacial score (nSPS) is 8.80. The number of nitro groups is 1. The number of anilines is 1. The van der Waals surface area contributed by atoms with E-state index in [1.54, 1.807) is 26.1 Å². The molecule has 0 saturated heterocycles. The van der Waals surface area contributed by atoms with Crippen LogP contribution in [-0.2, 0) is 0 Å². The lowest BCUT2D eigenvalue weighted by Gasteiger charge is -2.01. The fourth-order valence-electron chi connectivity index (χ4n) is 0.868. The van der Waals surface area contributed by atoms with E-state index < -0.39 is 4.92 Å². The number of hydrogen-bond donors (Lipinski definition) is 2. The second-order valence-corrected chi connectivity index (χ2v) is 3.40. The molecule has 6 heteroatoms. The van der Waals surface area contributed by atoms with Crippen molar-refractivity contribution in [3.8, 4) is 0 Å². The third kappa shape index (κ3) is 4.75. The maximum absolute atomic E-state index is 10.4. The smallest absolute Gasteiger partial charge is 0.292 e. The molecule has 1 aromatic carbocycles. The Bertz CT molecular complexity index is 331. The van der Waals surface area contributed by atoms with Gasteiger partial charge in [-0.3, -0.25) is 10.1 Å². The first-order valence-electron chi connectivity index (χ1n) is 4.29. The van der Waals surface area contributed by atoms with Crippen molar-refractivity contribution in [3.05, 3.63) is 32.8 Å². The minimum Gasteiger partial charge on any atom is -0.397 e. The van der Waals surface area contributed by atoms with Crippen LogP contribution in [0.5, 0.6) is 0 Å². The van der Waals surface area contributed by atoms with Crippen LogP contribution in [-0.4, -0.2) is 23.7 Å². The molecule has 0 aliphatic carbocycles. The van der Waals surface area contributed by atoms with E-state index in [2.05, 4.69) is 21.2 Å². The summed E-state index contributed by atoms with van der Waals surface area (Å²) in [6, 6.07) is 4.76. The molecule has 0 aromatic heterocycles. The summed E-state index contributed by atoms with van der Waals surface area (Å²) in [4.78, 5) is 10.0.